The molecule has 8 aromatic carbocycles. The Balaban J connectivity index is 0.000000116. The van der Waals surface area contributed by atoms with E-state index in [4.69, 9.17) is 27.6 Å². The topological polar surface area (TPSA) is 336 Å². The van der Waals surface area contributed by atoms with Crippen LogP contribution in [0.1, 0.15) is 121 Å². The lowest BCUT2D eigenvalue weighted by Gasteiger charge is -2.24. The minimum absolute atomic E-state index is 0.000631. The number of halogens is 2. The number of fused-ring (bicyclic) bond motifs is 8. The SMILES string of the molecule is CC(F)Oc1ccc(-c2nc(-c3cccc4c3CC[C@@]43CC(=O)N(CCO)C3)no2)cc1.CC(F)Oc1ccc(-c2nc(-c3cccc4c3CC[C@]43CC(=O)N(CCO)C3)no2)cc1.Cc1ccc(-c2nc(-c3cccc4c3CC[C@@]43CC(=O)N(CCO)C3)no2)cc1.Cc1ccc(-c2nc(-c3cccc4c3CC[C@]43CC(=O)N(CCO)C3)no2)cc1. The first-order valence-electron chi connectivity index (χ1n) is 41.5. The molecule has 4 fully saturated rings. The van der Waals surface area contributed by atoms with E-state index in [0.717, 1.165) is 107 Å². The molecule has 4 amide bonds. The number of aromatic nitrogens is 8. The van der Waals surface area contributed by atoms with Gasteiger partial charge in [-0.1, -0.05) is 129 Å². The van der Waals surface area contributed by atoms with Gasteiger partial charge in [-0.3, -0.25) is 19.2 Å². The minimum Gasteiger partial charge on any atom is -0.461 e. The Bertz CT molecular complexity index is 5500. The predicted molar refractivity (Wildman–Crippen MR) is 446 cm³/mol. The zero-order valence-electron chi connectivity index (χ0n) is 68.3. The van der Waals surface area contributed by atoms with Gasteiger partial charge in [0, 0.05) is 158 Å². The number of aliphatic hydroxyl groups excluding tert-OH is 4. The van der Waals surface area contributed by atoms with Crippen LogP contribution < -0.4 is 9.47 Å². The normalized spacial score (nSPS) is 20.7. The number of benzene rings is 8. The number of nitrogens with zero attached hydrogens (tertiary/aromatic N) is 12. The fourth-order valence-corrected chi connectivity index (χ4v) is 19.5. The van der Waals surface area contributed by atoms with Crippen molar-refractivity contribution in [1.82, 2.24) is 60.2 Å². The Morgan fingerprint density at radius 2 is 0.582 bits per heavy atom. The summed E-state index contributed by atoms with van der Waals surface area (Å²) in [6, 6.07) is 54.1. The quantitative estimate of drug-likeness (QED) is 0.0551. The van der Waals surface area contributed by atoms with Crippen LogP contribution in [-0.2, 0) is 66.5 Å². The van der Waals surface area contributed by atoms with Gasteiger partial charge in [-0.05, 0) is 183 Å². The number of aliphatic hydroxyl groups is 4. The second kappa shape index (κ2) is 34.2. The third kappa shape index (κ3) is 16.1. The number of hydrogen-bond acceptors (Lipinski definition) is 22. The van der Waals surface area contributed by atoms with Crippen molar-refractivity contribution in [1.29, 1.82) is 0 Å². The summed E-state index contributed by atoms with van der Waals surface area (Å²) in [5.41, 5.74) is 18.1. The fourth-order valence-electron chi connectivity index (χ4n) is 19.5. The average molecular weight is 1650 g/mol. The average Bonchev–Trinajstić information content (AvgIpc) is 1.60. The van der Waals surface area contributed by atoms with E-state index in [9.17, 15) is 48.4 Å². The van der Waals surface area contributed by atoms with Gasteiger partial charge in [0.2, 0.25) is 59.6 Å². The van der Waals surface area contributed by atoms with Gasteiger partial charge in [0.1, 0.15) is 11.5 Å². The molecular formula is C94H94F2N12O14. The number of rotatable bonds is 20. The Morgan fingerprint density at radius 1 is 0.352 bits per heavy atom. The van der Waals surface area contributed by atoms with E-state index in [1.54, 1.807) is 68.1 Å². The summed E-state index contributed by atoms with van der Waals surface area (Å²) in [5.74, 6) is 5.23. The zero-order chi connectivity index (χ0) is 84.6. The lowest BCUT2D eigenvalue weighted by molar-refractivity contribution is -0.128. The second-order valence-corrected chi connectivity index (χ2v) is 33.1. The van der Waals surface area contributed by atoms with Crippen LogP contribution >= 0.6 is 0 Å². The van der Waals surface area contributed by atoms with Crippen molar-refractivity contribution in [2.45, 2.75) is 139 Å². The van der Waals surface area contributed by atoms with Crippen molar-refractivity contribution < 1.29 is 76.0 Å². The molecule has 26 nitrogen and oxygen atoms in total. The molecule has 8 heterocycles. The Kier molecular flexibility index (Phi) is 22.9. The van der Waals surface area contributed by atoms with Crippen molar-refractivity contribution in [2.75, 3.05) is 78.8 Å². The molecule has 6 atom stereocenters. The Labute approximate surface area is 702 Å². The molecule has 8 aliphatic rings. The summed E-state index contributed by atoms with van der Waals surface area (Å²) < 4.78 is 58.2. The molecule has 0 saturated carbocycles. The lowest BCUT2D eigenvalue weighted by Crippen LogP contribution is -2.32. The van der Waals surface area contributed by atoms with Gasteiger partial charge in [-0.15, -0.1) is 0 Å². The molecule has 4 spiro atoms. The van der Waals surface area contributed by atoms with Crippen LogP contribution in [0.4, 0.5) is 8.78 Å². The molecule has 4 saturated heterocycles. The highest BCUT2D eigenvalue weighted by atomic mass is 19.1. The highest BCUT2D eigenvalue weighted by Crippen LogP contribution is 2.53. The van der Waals surface area contributed by atoms with Gasteiger partial charge in [0.05, 0.1) is 26.4 Å². The van der Waals surface area contributed by atoms with Crippen LogP contribution in [0.5, 0.6) is 11.5 Å². The molecule has 20 rings (SSSR count). The summed E-state index contributed by atoms with van der Waals surface area (Å²) in [6.45, 7) is 10.8. The van der Waals surface area contributed by atoms with Crippen LogP contribution in [-0.4, -0.2) is 196 Å². The summed E-state index contributed by atoms with van der Waals surface area (Å²) in [4.78, 5) is 75.4. The largest absolute Gasteiger partial charge is 0.461 e. The first kappa shape index (κ1) is 81.8. The molecule has 4 aliphatic carbocycles. The molecule has 628 valence electrons. The Morgan fingerprint density at radius 3 is 0.803 bits per heavy atom. The number of β-amino-alcohol motifs (C(OH)–C–C–N with tert-alkyl or cyclic N) is 4. The number of hydrogen-bond donors (Lipinski definition) is 4. The first-order valence-corrected chi connectivity index (χ1v) is 41.5. The summed E-state index contributed by atoms with van der Waals surface area (Å²) in [6.07, 6.45) is 6.24. The molecule has 4 N–H and O–H groups in total. The lowest BCUT2D eigenvalue weighted by atomic mass is 9.80. The highest BCUT2D eigenvalue weighted by Gasteiger charge is 2.53. The van der Waals surface area contributed by atoms with Crippen LogP contribution in [0.15, 0.2) is 188 Å². The number of amides is 4. The maximum atomic E-state index is 13.0. The number of likely N-dealkylation sites (tertiary alicyclic amines) is 4. The van der Waals surface area contributed by atoms with Crippen molar-refractivity contribution in [3.63, 3.8) is 0 Å². The van der Waals surface area contributed by atoms with Gasteiger partial charge in [-0.2, -0.15) is 19.9 Å². The molecule has 4 aromatic heterocycles. The van der Waals surface area contributed by atoms with E-state index >= 15 is 0 Å². The summed E-state index contributed by atoms with van der Waals surface area (Å²) >= 11 is 0. The van der Waals surface area contributed by atoms with Gasteiger partial charge in [0.25, 0.3) is 23.6 Å². The molecule has 122 heavy (non-hydrogen) atoms. The minimum atomic E-state index is -1.38. The standard InChI is InChI=1S/2C24H24FN3O4.2C23H23N3O3/c2*1-15(25)31-17-7-5-16(6-8-17)23-26-22(27-32-23)19-3-2-4-20-18(19)9-10-24(20)13-21(30)28(14-24)11-12-29;2*1-15-5-7-16(8-6-15)22-24-21(25-29-22)18-3-2-4-19-17(18)9-10-23(19)13-20(28)26(14-23)11-12-27/h2*2-8,15,29H,9-14H2,1H3;2*2-8,27H,9-14H2,1H3/t2*15?,24-;2*23-/m1010/s1. The van der Waals surface area contributed by atoms with E-state index in [-0.39, 0.29) is 71.7 Å². The highest BCUT2D eigenvalue weighted by molar-refractivity contribution is 5.85. The van der Waals surface area contributed by atoms with E-state index in [2.05, 4.69) is 64.8 Å². The number of carbonyl (C=O) groups excluding carboxylic acids is 4. The van der Waals surface area contributed by atoms with Crippen LogP contribution in [0.25, 0.3) is 91.4 Å². The molecule has 4 aliphatic heterocycles. The molecule has 0 radical (unpaired) electrons. The van der Waals surface area contributed by atoms with Crippen molar-refractivity contribution in [3.8, 4) is 103 Å². The number of alkyl halides is 2. The predicted octanol–water partition coefficient (Wildman–Crippen LogP) is 13.3. The molecule has 28 heteroatoms. The maximum absolute atomic E-state index is 13.0. The van der Waals surface area contributed by atoms with Crippen LogP contribution in [0, 0.1) is 13.8 Å². The van der Waals surface area contributed by atoms with Gasteiger partial charge >= 0.3 is 0 Å². The summed E-state index contributed by atoms with van der Waals surface area (Å²) in [7, 11) is 0. The second-order valence-electron chi connectivity index (χ2n) is 33.1. The van der Waals surface area contributed by atoms with Gasteiger partial charge in [0.15, 0.2) is 0 Å². The molecule has 2 unspecified atom stereocenters. The van der Waals surface area contributed by atoms with Crippen molar-refractivity contribution >= 4 is 23.6 Å². The van der Waals surface area contributed by atoms with E-state index in [1.807, 2.05) is 111 Å². The maximum Gasteiger partial charge on any atom is 0.258 e. The Hall–Kier alpha value is -12.5. The molecule has 0 bridgehead atoms. The van der Waals surface area contributed by atoms with Gasteiger partial charge in [-0.25, -0.2) is 8.78 Å². The van der Waals surface area contributed by atoms with Crippen molar-refractivity contribution in [3.05, 3.63) is 225 Å². The number of ether oxygens (including phenoxy) is 2. The van der Waals surface area contributed by atoms with E-state index < -0.39 is 12.7 Å². The first-order chi connectivity index (χ1) is 59.2. The van der Waals surface area contributed by atoms with Crippen LogP contribution in [0.2, 0.25) is 0 Å². The summed E-state index contributed by atoms with van der Waals surface area (Å²) in [5, 5.41) is 53.9. The molecular weight excluding hydrogens is 1560 g/mol. The third-order valence-electron chi connectivity index (χ3n) is 25.3. The number of carbonyl (C=O) groups is 4. The molecule has 12 aromatic rings. The fraction of sp³-hybridized carbons (Fsp3) is 0.362. The third-order valence-corrected chi connectivity index (χ3v) is 25.3. The monoisotopic (exact) mass is 1650 g/mol. The van der Waals surface area contributed by atoms with Crippen molar-refractivity contribution in [2.24, 2.45) is 0 Å². The van der Waals surface area contributed by atoms with E-state index in [1.165, 1.54) is 47.2 Å². The van der Waals surface area contributed by atoms with Gasteiger partial charge < -0.3 is 67.6 Å². The van der Waals surface area contributed by atoms with Crippen LogP contribution in [0.3, 0.4) is 0 Å². The van der Waals surface area contributed by atoms with E-state index in [0.29, 0.717) is 148 Å². The number of aryl methyl sites for hydroxylation is 2. The smallest absolute Gasteiger partial charge is 0.258 e. The zero-order valence-corrected chi connectivity index (χ0v) is 68.3.